The van der Waals surface area contributed by atoms with Crippen molar-refractivity contribution in [3.05, 3.63) is 65.3 Å². The standard InChI is InChI=1S/C23H22ClN5O2/c1-14-3-5-19(22-25-7-2-8-26-22)21(28-14)23(30)29-12-16-9-15(16)10-18(29)13-31-20-6-4-17(24)11-27-20/h2-8,11,15-16,18H,9-10,12-13H2,1H3. The fourth-order valence-electron chi connectivity index (χ4n) is 4.21. The molecule has 158 valence electrons. The van der Waals surface area contributed by atoms with Crippen LogP contribution in [0, 0.1) is 18.8 Å². The van der Waals surface area contributed by atoms with E-state index in [1.54, 1.807) is 36.8 Å². The largest absolute Gasteiger partial charge is 0.475 e. The number of ether oxygens (including phenoxy) is 1. The molecule has 0 N–H and O–H groups in total. The molecular weight excluding hydrogens is 414 g/mol. The number of piperidine rings is 1. The third-order valence-electron chi connectivity index (χ3n) is 5.94. The monoisotopic (exact) mass is 435 g/mol. The number of nitrogens with zero attached hydrogens (tertiary/aromatic N) is 5. The molecule has 8 heteroatoms. The number of carbonyl (C=O) groups excluding carboxylic acids is 1. The molecule has 0 bridgehead atoms. The lowest BCUT2D eigenvalue weighted by molar-refractivity contribution is 0.0503. The van der Waals surface area contributed by atoms with Crippen molar-refractivity contribution in [1.29, 1.82) is 0 Å². The maximum atomic E-state index is 13.7. The van der Waals surface area contributed by atoms with Crippen LogP contribution in [0.3, 0.4) is 0 Å². The van der Waals surface area contributed by atoms with E-state index in [2.05, 4.69) is 19.9 Å². The van der Waals surface area contributed by atoms with Gasteiger partial charge in [-0.05, 0) is 55.9 Å². The zero-order valence-corrected chi connectivity index (χ0v) is 17.9. The van der Waals surface area contributed by atoms with Crippen molar-refractivity contribution in [3.63, 3.8) is 0 Å². The Hall–Kier alpha value is -3.06. The molecule has 1 aliphatic heterocycles. The lowest BCUT2D eigenvalue weighted by Gasteiger charge is -2.35. The Kier molecular flexibility index (Phi) is 5.28. The molecule has 1 saturated carbocycles. The molecule has 5 rings (SSSR count). The summed E-state index contributed by atoms with van der Waals surface area (Å²) in [5.74, 6) is 2.13. The third kappa shape index (κ3) is 4.23. The van der Waals surface area contributed by atoms with Gasteiger partial charge < -0.3 is 9.64 Å². The summed E-state index contributed by atoms with van der Waals surface area (Å²) in [5, 5.41) is 0.559. The molecule has 3 aromatic rings. The summed E-state index contributed by atoms with van der Waals surface area (Å²) in [6.45, 7) is 2.98. The first-order valence-corrected chi connectivity index (χ1v) is 10.8. The summed E-state index contributed by atoms with van der Waals surface area (Å²) in [4.78, 5) is 33.0. The molecule has 31 heavy (non-hydrogen) atoms. The number of rotatable bonds is 5. The molecule has 3 aromatic heterocycles. The van der Waals surface area contributed by atoms with Crippen LogP contribution >= 0.6 is 11.6 Å². The minimum absolute atomic E-state index is 0.0411. The van der Waals surface area contributed by atoms with Crippen molar-refractivity contribution >= 4 is 17.5 Å². The number of pyridine rings is 2. The number of amides is 1. The van der Waals surface area contributed by atoms with Crippen LogP contribution < -0.4 is 4.74 Å². The van der Waals surface area contributed by atoms with E-state index < -0.39 is 0 Å². The van der Waals surface area contributed by atoms with Gasteiger partial charge in [-0.2, -0.15) is 0 Å². The zero-order chi connectivity index (χ0) is 21.4. The predicted octanol–water partition coefficient (Wildman–Crippen LogP) is 3.83. The quantitative estimate of drug-likeness (QED) is 0.606. The van der Waals surface area contributed by atoms with Gasteiger partial charge in [-0.15, -0.1) is 0 Å². The Morgan fingerprint density at radius 1 is 1.13 bits per heavy atom. The van der Waals surface area contributed by atoms with Crippen LogP contribution in [0.2, 0.25) is 5.02 Å². The van der Waals surface area contributed by atoms with Gasteiger partial charge in [0.05, 0.1) is 16.6 Å². The summed E-state index contributed by atoms with van der Waals surface area (Å²) < 4.78 is 5.91. The number of carbonyl (C=O) groups is 1. The van der Waals surface area contributed by atoms with E-state index in [-0.39, 0.29) is 11.9 Å². The first kappa shape index (κ1) is 19.9. The van der Waals surface area contributed by atoms with Crippen molar-refractivity contribution in [3.8, 4) is 17.3 Å². The van der Waals surface area contributed by atoms with Gasteiger partial charge in [0.1, 0.15) is 12.3 Å². The molecule has 0 aromatic carbocycles. The van der Waals surface area contributed by atoms with Crippen LogP contribution in [0.25, 0.3) is 11.4 Å². The SMILES string of the molecule is Cc1ccc(-c2ncccn2)c(C(=O)N2CC3CC3CC2COc2ccc(Cl)cn2)n1. The summed E-state index contributed by atoms with van der Waals surface area (Å²) >= 11 is 5.91. The lowest BCUT2D eigenvalue weighted by atomic mass is 10.0. The Bertz CT molecular complexity index is 1090. The minimum Gasteiger partial charge on any atom is -0.475 e. The number of likely N-dealkylation sites (tertiary alicyclic amines) is 1. The van der Waals surface area contributed by atoms with Gasteiger partial charge in [-0.3, -0.25) is 4.79 Å². The maximum Gasteiger partial charge on any atom is 0.273 e. The van der Waals surface area contributed by atoms with Crippen LogP contribution in [0.4, 0.5) is 0 Å². The number of hydrogen-bond donors (Lipinski definition) is 0. The highest BCUT2D eigenvalue weighted by Crippen LogP contribution is 2.47. The van der Waals surface area contributed by atoms with E-state index >= 15 is 0 Å². The summed E-state index contributed by atoms with van der Waals surface area (Å²) in [5.41, 5.74) is 1.82. The highest BCUT2D eigenvalue weighted by Gasteiger charge is 2.47. The van der Waals surface area contributed by atoms with E-state index in [1.165, 1.54) is 0 Å². The first-order chi connectivity index (χ1) is 15.1. The molecule has 3 unspecified atom stereocenters. The normalized spacial score (nSPS) is 22.0. The fourth-order valence-corrected chi connectivity index (χ4v) is 4.32. The summed E-state index contributed by atoms with van der Waals surface area (Å²) in [6, 6.07) is 8.95. The molecule has 0 spiro atoms. The smallest absolute Gasteiger partial charge is 0.273 e. The van der Waals surface area contributed by atoms with Gasteiger partial charge >= 0.3 is 0 Å². The van der Waals surface area contributed by atoms with E-state index in [0.29, 0.717) is 46.4 Å². The molecular formula is C23H22ClN5O2. The van der Waals surface area contributed by atoms with Gasteiger partial charge in [0, 0.05) is 36.9 Å². The third-order valence-corrected chi connectivity index (χ3v) is 6.17. The minimum atomic E-state index is -0.103. The number of aromatic nitrogens is 4. The van der Waals surface area contributed by atoms with Gasteiger partial charge in [0.25, 0.3) is 5.91 Å². The van der Waals surface area contributed by atoms with E-state index in [9.17, 15) is 4.79 Å². The van der Waals surface area contributed by atoms with Crippen LogP contribution in [-0.2, 0) is 0 Å². The number of halogens is 1. The molecule has 1 amide bonds. The van der Waals surface area contributed by atoms with E-state index in [0.717, 1.165) is 25.1 Å². The van der Waals surface area contributed by atoms with E-state index in [4.69, 9.17) is 16.3 Å². The molecule has 7 nitrogen and oxygen atoms in total. The Morgan fingerprint density at radius 2 is 1.97 bits per heavy atom. The number of aryl methyl sites for hydroxylation is 1. The number of fused-ring (bicyclic) bond motifs is 1. The van der Waals surface area contributed by atoms with Crippen molar-refractivity contribution in [2.45, 2.75) is 25.8 Å². The Morgan fingerprint density at radius 3 is 2.74 bits per heavy atom. The molecule has 2 aliphatic rings. The molecule has 1 aliphatic carbocycles. The highest BCUT2D eigenvalue weighted by atomic mass is 35.5. The van der Waals surface area contributed by atoms with Crippen LogP contribution in [0.15, 0.2) is 48.9 Å². The van der Waals surface area contributed by atoms with Crippen molar-refractivity contribution in [2.75, 3.05) is 13.2 Å². The average molecular weight is 436 g/mol. The highest BCUT2D eigenvalue weighted by molar-refractivity contribution is 6.30. The first-order valence-electron chi connectivity index (χ1n) is 10.4. The van der Waals surface area contributed by atoms with Gasteiger partial charge in [0.2, 0.25) is 5.88 Å². The molecule has 1 saturated heterocycles. The second-order valence-corrected chi connectivity index (χ2v) is 8.59. The molecule has 4 heterocycles. The average Bonchev–Trinajstić information content (AvgIpc) is 3.56. The molecule has 3 atom stereocenters. The van der Waals surface area contributed by atoms with Crippen LogP contribution in [0.1, 0.15) is 29.0 Å². The fraction of sp³-hybridized carbons (Fsp3) is 0.348. The lowest BCUT2D eigenvalue weighted by Crippen LogP contribution is -2.48. The molecule has 0 radical (unpaired) electrons. The van der Waals surface area contributed by atoms with Gasteiger partial charge in [-0.25, -0.2) is 19.9 Å². The molecule has 2 fully saturated rings. The summed E-state index contributed by atoms with van der Waals surface area (Å²) in [6.07, 6.45) is 6.98. The van der Waals surface area contributed by atoms with Gasteiger partial charge in [-0.1, -0.05) is 11.6 Å². The Labute approximate surface area is 185 Å². The Balaban J connectivity index is 1.41. The van der Waals surface area contributed by atoms with Crippen molar-refractivity contribution < 1.29 is 9.53 Å². The van der Waals surface area contributed by atoms with E-state index in [1.807, 2.05) is 24.0 Å². The predicted molar refractivity (Wildman–Crippen MR) is 116 cm³/mol. The van der Waals surface area contributed by atoms with Gasteiger partial charge in [0.15, 0.2) is 5.82 Å². The zero-order valence-electron chi connectivity index (χ0n) is 17.1. The topological polar surface area (TPSA) is 81.1 Å². The van der Waals surface area contributed by atoms with Crippen LogP contribution in [0.5, 0.6) is 5.88 Å². The van der Waals surface area contributed by atoms with Crippen molar-refractivity contribution in [1.82, 2.24) is 24.8 Å². The second-order valence-electron chi connectivity index (χ2n) is 8.15. The van der Waals surface area contributed by atoms with Crippen LogP contribution in [-0.4, -0.2) is 49.9 Å². The summed E-state index contributed by atoms with van der Waals surface area (Å²) in [7, 11) is 0. The van der Waals surface area contributed by atoms with Crippen molar-refractivity contribution in [2.24, 2.45) is 11.8 Å². The second kappa shape index (κ2) is 8.23. The maximum absolute atomic E-state index is 13.7. The number of hydrogen-bond acceptors (Lipinski definition) is 6.